The van der Waals surface area contributed by atoms with Gasteiger partial charge in [0.25, 0.3) is 0 Å². The van der Waals surface area contributed by atoms with Gasteiger partial charge in [0, 0.05) is 5.56 Å². The van der Waals surface area contributed by atoms with Crippen molar-refractivity contribution < 1.29 is 22.7 Å². The van der Waals surface area contributed by atoms with Crippen LogP contribution in [0.4, 0.5) is 13.2 Å². The average molecular weight is 297 g/mol. The third-order valence-corrected chi connectivity index (χ3v) is 2.55. The molecule has 16 heavy (non-hydrogen) atoms. The minimum Gasteiger partial charge on any atom is -0.495 e. The summed E-state index contributed by atoms with van der Waals surface area (Å²) in [5.74, 6) is -0.758. The van der Waals surface area contributed by atoms with Crippen LogP contribution in [0.25, 0.3) is 0 Å². The number of methoxy groups -OCH3 is 1. The summed E-state index contributed by atoms with van der Waals surface area (Å²) in [5, 5.41) is 0. The molecular weight excluding hydrogens is 289 g/mol. The summed E-state index contributed by atoms with van der Waals surface area (Å²) >= 11 is 2.94. The normalized spacial score (nSPS) is 11.4. The van der Waals surface area contributed by atoms with Gasteiger partial charge in [0.05, 0.1) is 17.1 Å². The van der Waals surface area contributed by atoms with Gasteiger partial charge in [-0.05, 0) is 35.0 Å². The molecule has 0 heterocycles. The number of ether oxygens (including phenoxy) is 1. The lowest BCUT2D eigenvalue weighted by Crippen LogP contribution is -2.09. The highest BCUT2D eigenvalue weighted by molar-refractivity contribution is 9.10. The summed E-state index contributed by atoms with van der Waals surface area (Å²) in [6.07, 6.45) is -4.56. The van der Waals surface area contributed by atoms with Crippen LogP contribution < -0.4 is 4.74 Å². The summed E-state index contributed by atoms with van der Waals surface area (Å²) in [7, 11) is 1.14. The maximum atomic E-state index is 12.6. The van der Waals surface area contributed by atoms with E-state index in [1.165, 1.54) is 13.0 Å². The smallest absolute Gasteiger partial charge is 0.420 e. The van der Waals surface area contributed by atoms with E-state index in [0.717, 1.165) is 13.2 Å². The van der Waals surface area contributed by atoms with E-state index in [1.54, 1.807) is 0 Å². The van der Waals surface area contributed by atoms with Gasteiger partial charge >= 0.3 is 6.18 Å². The zero-order valence-electron chi connectivity index (χ0n) is 8.48. The first-order valence-corrected chi connectivity index (χ1v) is 5.02. The minimum absolute atomic E-state index is 0.0139. The lowest BCUT2D eigenvalue weighted by molar-refractivity contribution is -0.138. The lowest BCUT2D eigenvalue weighted by Gasteiger charge is -2.14. The first kappa shape index (κ1) is 13.0. The number of carbonyl (C=O) groups excluding carboxylic acids is 1. The number of ketones is 1. The summed E-state index contributed by atoms with van der Waals surface area (Å²) in [4.78, 5) is 11.0. The number of hydrogen-bond acceptors (Lipinski definition) is 2. The van der Waals surface area contributed by atoms with Gasteiger partial charge in [0.15, 0.2) is 5.78 Å². The zero-order chi connectivity index (χ0) is 12.5. The lowest BCUT2D eigenvalue weighted by atomic mass is 10.1. The Morgan fingerprint density at radius 2 is 1.94 bits per heavy atom. The van der Waals surface area contributed by atoms with Crippen molar-refractivity contribution in [3.05, 3.63) is 27.7 Å². The molecule has 0 fully saturated rings. The number of rotatable bonds is 2. The van der Waals surface area contributed by atoms with Gasteiger partial charge in [-0.1, -0.05) is 0 Å². The topological polar surface area (TPSA) is 26.3 Å². The summed E-state index contributed by atoms with van der Waals surface area (Å²) in [6, 6.07) is 2.09. The molecule has 0 spiro atoms. The first-order chi connectivity index (χ1) is 7.27. The van der Waals surface area contributed by atoms with Crippen LogP contribution in [-0.4, -0.2) is 12.9 Å². The highest BCUT2D eigenvalue weighted by Gasteiger charge is 2.36. The molecule has 0 saturated carbocycles. The molecule has 88 valence electrons. The van der Waals surface area contributed by atoms with Crippen molar-refractivity contribution in [2.75, 3.05) is 7.11 Å². The van der Waals surface area contributed by atoms with E-state index in [4.69, 9.17) is 0 Å². The Kier molecular flexibility index (Phi) is 3.62. The molecule has 0 aliphatic heterocycles. The summed E-state index contributed by atoms with van der Waals surface area (Å²) < 4.78 is 42.7. The zero-order valence-corrected chi connectivity index (χ0v) is 10.1. The van der Waals surface area contributed by atoms with Gasteiger partial charge in [-0.15, -0.1) is 0 Å². The van der Waals surface area contributed by atoms with Gasteiger partial charge in [-0.2, -0.15) is 13.2 Å². The van der Waals surface area contributed by atoms with E-state index in [2.05, 4.69) is 20.7 Å². The van der Waals surface area contributed by atoms with Crippen LogP contribution in [-0.2, 0) is 6.18 Å². The molecule has 1 aromatic rings. The molecule has 0 saturated heterocycles. The van der Waals surface area contributed by atoms with E-state index in [-0.39, 0.29) is 15.8 Å². The summed E-state index contributed by atoms with van der Waals surface area (Å²) in [6.45, 7) is 1.20. The standard InChI is InChI=1S/C10H8BrF3O2/c1-5(15)6-3-7(10(12,13)14)9(16-2)8(11)4-6/h3-4H,1-2H3. The van der Waals surface area contributed by atoms with E-state index >= 15 is 0 Å². The van der Waals surface area contributed by atoms with Gasteiger partial charge in [0.2, 0.25) is 0 Å². The van der Waals surface area contributed by atoms with E-state index in [0.29, 0.717) is 0 Å². The van der Waals surface area contributed by atoms with Crippen molar-refractivity contribution >= 4 is 21.7 Å². The first-order valence-electron chi connectivity index (χ1n) is 4.23. The Hall–Kier alpha value is -1.04. The molecule has 0 atom stereocenters. The van der Waals surface area contributed by atoms with Crippen molar-refractivity contribution in [2.24, 2.45) is 0 Å². The van der Waals surface area contributed by atoms with Crippen molar-refractivity contribution in [3.8, 4) is 5.75 Å². The predicted molar refractivity (Wildman–Crippen MR) is 55.7 cm³/mol. The SMILES string of the molecule is COc1c(Br)cc(C(C)=O)cc1C(F)(F)F. The molecule has 0 aromatic heterocycles. The Labute approximate surface area is 98.5 Å². The van der Waals surface area contributed by atoms with Crippen molar-refractivity contribution in [1.82, 2.24) is 0 Å². The molecule has 0 N–H and O–H groups in total. The van der Waals surface area contributed by atoms with Crippen molar-refractivity contribution in [2.45, 2.75) is 13.1 Å². The van der Waals surface area contributed by atoms with Gasteiger partial charge in [-0.25, -0.2) is 0 Å². The fraction of sp³-hybridized carbons (Fsp3) is 0.300. The van der Waals surface area contributed by atoms with Crippen LogP contribution in [0.2, 0.25) is 0 Å². The largest absolute Gasteiger partial charge is 0.495 e. The number of halogens is 4. The molecule has 0 unspecified atom stereocenters. The number of benzene rings is 1. The Morgan fingerprint density at radius 1 is 1.38 bits per heavy atom. The maximum Gasteiger partial charge on any atom is 0.420 e. The van der Waals surface area contributed by atoms with Crippen LogP contribution in [0.1, 0.15) is 22.8 Å². The van der Waals surface area contributed by atoms with Crippen molar-refractivity contribution in [1.29, 1.82) is 0 Å². The van der Waals surface area contributed by atoms with Crippen LogP contribution in [0, 0.1) is 0 Å². The molecule has 0 amide bonds. The molecule has 2 nitrogen and oxygen atoms in total. The number of hydrogen-bond donors (Lipinski definition) is 0. The third-order valence-electron chi connectivity index (χ3n) is 1.96. The maximum absolute atomic E-state index is 12.6. The molecule has 0 bridgehead atoms. The fourth-order valence-corrected chi connectivity index (χ4v) is 1.84. The van der Waals surface area contributed by atoms with Crippen LogP contribution in [0.5, 0.6) is 5.75 Å². The van der Waals surface area contributed by atoms with E-state index in [9.17, 15) is 18.0 Å². The third kappa shape index (κ3) is 2.55. The molecular formula is C10H8BrF3O2. The quantitative estimate of drug-likeness (QED) is 0.778. The number of Topliss-reactive ketones (excluding diaryl/α,β-unsaturated/α-hetero) is 1. The van der Waals surface area contributed by atoms with Gasteiger partial charge in [0.1, 0.15) is 5.75 Å². The molecule has 1 aromatic carbocycles. The summed E-state index contributed by atoms with van der Waals surface area (Å²) in [5.41, 5.74) is -0.977. The van der Waals surface area contributed by atoms with Crippen LogP contribution >= 0.6 is 15.9 Å². The van der Waals surface area contributed by atoms with Crippen molar-refractivity contribution in [3.63, 3.8) is 0 Å². The van der Waals surface area contributed by atoms with E-state index < -0.39 is 17.5 Å². The van der Waals surface area contributed by atoms with Gasteiger partial charge < -0.3 is 4.74 Å². The Balaban J connectivity index is 3.49. The average Bonchev–Trinajstić information content (AvgIpc) is 2.14. The second-order valence-corrected chi connectivity index (χ2v) is 3.95. The number of alkyl halides is 3. The molecule has 0 aliphatic carbocycles. The second kappa shape index (κ2) is 4.45. The Morgan fingerprint density at radius 3 is 2.31 bits per heavy atom. The predicted octanol–water partition coefficient (Wildman–Crippen LogP) is 3.68. The molecule has 1 rings (SSSR count). The van der Waals surface area contributed by atoms with E-state index in [1.807, 2.05) is 0 Å². The highest BCUT2D eigenvalue weighted by Crippen LogP contribution is 2.41. The fourth-order valence-electron chi connectivity index (χ4n) is 1.21. The Bertz CT molecular complexity index is 427. The van der Waals surface area contributed by atoms with Crippen LogP contribution in [0.3, 0.4) is 0 Å². The second-order valence-electron chi connectivity index (χ2n) is 3.09. The number of carbonyl (C=O) groups is 1. The molecule has 0 aliphatic rings. The van der Waals surface area contributed by atoms with Crippen LogP contribution in [0.15, 0.2) is 16.6 Å². The monoisotopic (exact) mass is 296 g/mol. The highest BCUT2D eigenvalue weighted by atomic mass is 79.9. The molecule has 6 heteroatoms. The molecule has 0 radical (unpaired) electrons. The van der Waals surface area contributed by atoms with Gasteiger partial charge in [-0.3, -0.25) is 4.79 Å². The minimum atomic E-state index is -4.56.